The molecule has 254 valence electrons. The minimum atomic E-state index is -2.78. The molecule has 0 radical (unpaired) electrons. The number of hydrogen-bond acceptors (Lipinski definition) is 0. The summed E-state index contributed by atoms with van der Waals surface area (Å²) in [6.07, 6.45) is 0. The third-order valence-electron chi connectivity index (χ3n) is 11.1. The molecule has 0 heterocycles. The molecule has 9 rings (SSSR count). The zero-order chi connectivity index (χ0) is 36.0. The van der Waals surface area contributed by atoms with Gasteiger partial charge in [-0.15, -0.1) is 0 Å². The Morgan fingerprint density at radius 2 is 0.679 bits per heavy atom. The maximum Gasteiger partial charge on any atom is 0.179 e. The van der Waals surface area contributed by atoms with Crippen LogP contribution in [0.25, 0.3) is 54.6 Å². The van der Waals surface area contributed by atoms with Crippen molar-refractivity contribution in [2.24, 2.45) is 0 Å². The van der Waals surface area contributed by atoms with E-state index in [0.717, 1.165) is 0 Å². The van der Waals surface area contributed by atoms with Gasteiger partial charge in [0.2, 0.25) is 0 Å². The normalized spacial score (nSPS) is 12.1. The van der Waals surface area contributed by atoms with E-state index < -0.39 is 16.1 Å². The number of rotatable bonds is 7. The maximum absolute atomic E-state index is 2.78. The van der Waals surface area contributed by atoms with Gasteiger partial charge in [-0.2, -0.15) is 0 Å². The van der Waals surface area contributed by atoms with Gasteiger partial charge in [0.25, 0.3) is 0 Å². The molecule has 0 aliphatic heterocycles. The van der Waals surface area contributed by atoms with Crippen molar-refractivity contribution in [1.29, 1.82) is 0 Å². The molecule has 2 heteroatoms. The Kier molecular flexibility index (Phi) is 8.30. The summed E-state index contributed by atoms with van der Waals surface area (Å²) in [4.78, 5) is 0. The number of fused-ring (bicyclic) bond motifs is 3. The lowest BCUT2D eigenvalue weighted by Crippen LogP contribution is -2.75. The van der Waals surface area contributed by atoms with Crippen molar-refractivity contribution in [3.63, 3.8) is 0 Å². The zero-order valence-corrected chi connectivity index (χ0v) is 32.6. The van der Waals surface area contributed by atoms with Gasteiger partial charge in [-0.25, -0.2) is 0 Å². The van der Waals surface area contributed by atoms with Crippen LogP contribution >= 0.6 is 0 Å². The monoisotopic (exact) mass is 710 g/mol. The first kappa shape index (κ1) is 33.1. The first-order valence-corrected chi connectivity index (χ1v) is 24.2. The average molecular weight is 711 g/mol. The Labute approximate surface area is 315 Å². The van der Waals surface area contributed by atoms with Crippen molar-refractivity contribution >= 4 is 74.4 Å². The van der Waals surface area contributed by atoms with Crippen LogP contribution in [0.4, 0.5) is 0 Å². The second kappa shape index (κ2) is 13.3. The van der Waals surface area contributed by atoms with Crippen LogP contribution in [0.2, 0.25) is 19.6 Å². The number of benzene rings is 9. The van der Waals surface area contributed by atoms with Crippen LogP contribution in [0.3, 0.4) is 0 Å². The van der Waals surface area contributed by atoms with E-state index in [1.165, 1.54) is 80.5 Å². The highest BCUT2D eigenvalue weighted by Gasteiger charge is 2.42. The van der Waals surface area contributed by atoms with Crippen LogP contribution in [0.1, 0.15) is 0 Å². The van der Waals surface area contributed by atoms with Gasteiger partial charge in [-0.3, -0.25) is 0 Å². The van der Waals surface area contributed by atoms with Gasteiger partial charge in [-0.1, -0.05) is 219 Å². The molecule has 0 nitrogen and oxygen atoms in total. The van der Waals surface area contributed by atoms with Crippen LogP contribution in [-0.2, 0) is 0 Å². The summed E-state index contributed by atoms with van der Waals surface area (Å²) in [5, 5.41) is 14.8. The van der Waals surface area contributed by atoms with E-state index in [1.54, 1.807) is 0 Å². The third-order valence-corrected chi connectivity index (χ3v) is 17.9. The highest BCUT2D eigenvalue weighted by atomic mass is 28.3. The van der Waals surface area contributed by atoms with Gasteiger partial charge in [0.1, 0.15) is 0 Å². The molecule has 0 bridgehead atoms. The Bertz CT molecular complexity index is 2590. The first-order valence-electron chi connectivity index (χ1n) is 18.7. The smallest absolute Gasteiger partial charge is 0.0656 e. The van der Waals surface area contributed by atoms with Crippen molar-refractivity contribution < 1.29 is 0 Å². The molecule has 0 N–H and O–H groups in total. The zero-order valence-electron chi connectivity index (χ0n) is 30.6. The molecule has 0 aromatic heterocycles. The van der Waals surface area contributed by atoms with Crippen LogP contribution in [-0.4, -0.2) is 16.1 Å². The second-order valence-electron chi connectivity index (χ2n) is 15.3. The quantitative estimate of drug-likeness (QED) is 0.0878. The van der Waals surface area contributed by atoms with Crippen molar-refractivity contribution in [1.82, 2.24) is 0 Å². The second-order valence-corrected chi connectivity index (χ2v) is 24.2. The molecule has 0 amide bonds. The van der Waals surface area contributed by atoms with E-state index in [0.29, 0.717) is 0 Å². The number of hydrogen-bond donors (Lipinski definition) is 0. The lowest BCUT2D eigenvalue weighted by Gasteiger charge is -2.36. The van der Waals surface area contributed by atoms with E-state index in [9.17, 15) is 0 Å². The molecule has 0 saturated heterocycles. The van der Waals surface area contributed by atoms with Crippen LogP contribution in [0.15, 0.2) is 200 Å². The summed E-state index contributed by atoms with van der Waals surface area (Å²) in [6, 6.07) is 75.5. The predicted molar refractivity (Wildman–Crippen MR) is 236 cm³/mol. The maximum atomic E-state index is 2.60. The van der Waals surface area contributed by atoms with Crippen LogP contribution in [0, 0.1) is 0 Å². The summed E-state index contributed by atoms with van der Waals surface area (Å²) in [6.45, 7) is 7.48. The summed E-state index contributed by atoms with van der Waals surface area (Å²) in [5.74, 6) is 0. The standard InChI is InChI=1S/C51H42Si2/c1-52(2,3)44-34-40(35-45(36-44)53(41-21-7-4-8-22-41,42-23-9-5-10-24-42)43-25-11-6-12-26-43)51-48-29-17-15-27-46(48)50(47-28-16-18-30-49(47)51)39-32-31-37-19-13-14-20-38(37)33-39/h4-36H,1-3H3. The Balaban J connectivity index is 1.41. The first-order chi connectivity index (χ1) is 25.9. The SMILES string of the molecule is C[Si](C)(C)c1cc(-c2c3ccccc3c(-c3ccc4ccccc4c3)c3ccccc23)cc([Si](c2ccccc2)(c2ccccc2)c2ccccc2)c1. The van der Waals surface area contributed by atoms with Gasteiger partial charge in [0, 0.05) is 0 Å². The topological polar surface area (TPSA) is 0 Å². The molecular formula is C51H42Si2. The summed E-state index contributed by atoms with van der Waals surface area (Å²) < 4.78 is 0. The molecule has 0 unspecified atom stereocenters. The summed E-state index contributed by atoms with van der Waals surface area (Å²) in [7, 11) is -4.59. The van der Waals surface area contributed by atoms with Crippen molar-refractivity contribution in [3.05, 3.63) is 200 Å². The third kappa shape index (κ3) is 5.67. The molecule has 53 heavy (non-hydrogen) atoms. The molecule has 0 spiro atoms. The van der Waals surface area contributed by atoms with Gasteiger partial charge in [0.05, 0.1) is 8.07 Å². The summed E-state index contributed by atoms with van der Waals surface area (Å²) in [5.41, 5.74) is 5.17. The van der Waals surface area contributed by atoms with Crippen molar-refractivity contribution in [2.45, 2.75) is 19.6 Å². The molecule has 0 aliphatic rings. The fourth-order valence-electron chi connectivity index (χ4n) is 8.58. The highest BCUT2D eigenvalue weighted by Crippen LogP contribution is 2.44. The van der Waals surface area contributed by atoms with Gasteiger partial charge < -0.3 is 0 Å². The molecule has 0 atom stereocenters. The predicted octanol–water partition coefficient (Wildman–Crippen LogP) is 10.4. The lowest BCUT2D eigenvalue weighted by atomic mass is 9.85. The highest BCUT2D eigenvalue weighted by molar-refractivity contribution is 7.20. The minimum absolute atomic E-state index is 1.25. The van der Waals surface area contributed by atoms with Crippen molar-refractivity contribution in [2.75, 3.05) is 0 Å². The van der Waals surface area contributed by atoms with Crippen molar-refractivity contribution in [3.8, 4) is 22.3 Å². The van der Waals surface area contributed by atoms with Crippen LogP contribution in [0.5, 0.6) is 0 Å². The Morgan fingerprint density at radius 3 is 1.15 bits per heavy atom. The van der Waals surface area contributed by atoms with E-state index in [-0.39, 0.29) is 0 Å². The minimum Gasteiger partial charge on any atom is -0.0656 e. The molecule has 9 aromatic rings. The Morgan fingerprint density at radius 1 is 0.283 bits per heavy atom. The van der Waals surface area contributed by atoms with E-state index in [1.807, 2.05) is 0 Å². The molecule has 0 aliphatic carbocycles. The lowest BCUT2D eigenvalue weighted by molar-refractivity contribution is 1.64. The van der Waals surface area contributed by atoms with E-state index in [2.05, 4.69) is 220 Å². The fraction of sp³-hybridized carbons (Fsp3) is 0.0588. The van der Waals surface area contributed by atoms with Gasteiger partial charge >= 0.3 is 0 Å². The largest absolute Gasteiger partial charge is 0.179 e. The molecule has 0 saturated carbocycles. The van der Waals surface area contributed by atoms with Gasteiger partial charge in [-0.05, 0) is 81.4 Å². The fourth-order valence-corrected chi connectivity index (χ4v) is 14.7. The van der Waals surface area contributed by atoms with Gasteiger partial charge in [0.15, 0.2) is 8.07 Å². The Hall–Kier alpha value is -5.81. The van der Waals surface area contributed by atoms with Crippen LogP contribution < -0.4 is 25.9 Å². The molecule has 0 fully saturated rings. The average Bonchev–Trinajstić information content (AvgIpc) is 3.21. The summed E-state index contributed by atoms with van der Waals surface area (Å²) >= 11 is 0. The van der Waals surface area contributed by atoms with E-state index in [4.69, 9.17) is 0 Å². The molecular weight excluding hydrogens is 669 g/mol. The molecule has 9 aromatic carbocycles. The van der Waals surface area contributed by atoms with E-state index >= 15 is 0 Å².